The fraction of sp³-hybridized carbons (Fsp3) is 0.386. The van der Waals surface area contributed by atoms with Gasteiger partial charge in [0.2, 0.25) is 0 Å². The largest absolute Gasteiger partial charge is 1.00 e. The fourth-order valence-corrected chi connectivity index (χ4v) is 7.17. The molecular weight excluding hydrogens is 1050 g/mol. The van der Waals surface area contributed by atoms with E-state index in [1.807, 2.05) is 16.7 Å². The Morgan fingerprint density at radius 2 is 0.959 bits per heavy atom. The molecule has 3 fully saturated rings. The summed E-state index contributed by atoms with van der Waals surface area (Å²) in [6.45, 7) is 16.8. The number of halogens is 4. The number of carbonyl (C=O) groups is 1. The molecule has 0 radical (unpaired) electrons. The number of nitrogens with one attached hydrogen (secondary N) is 4. The second-order valence-electron chi connectivity index (χ2n) is 15.8. The summed E-state index contributed by atoms with van der Waals surface area (Å²) in [5.41, 5.74) is 8.38. The van der Waals surface area contributed by atoms with Crippen LogP contribution in [0.15, 0.2) is 55.8 Å². The number of rotatable bonds is 9. The number of aliphatic carboxylic acids is 1. The van der Waals surface area contributed by atoms with Crippen LogP contribution in [0.3, 0.4) is 0 Å². The van der Waals surface area contributed by atoms with Gasteiger partial charge in [0.05, 0.1) is 39.7 Å². The molecule has 3 aliphatic rings. The summed E-state index contributed by atoms with van der Waals surface area (Å²) >= 11 is 5.78. The van der Waals surface area contributed by atoms with Gasteiger partial charge < -0.3 is 57.3 Å². The summed E-state index contributed by atoms with van der Waals surface area (Å²) in [6.07, 6.45) is 15.8. The summed E-state index contributed by atoms with van der Waals surface area (Å²) in [5, 5.41) is 49.5. The van der Waals surface area contributed by atoms with E-state index in [2.05, 4.69) is 74.8 Å². The molecule has 394 valence electrons. The van der Waals surface area contributed by atoms with Crippen LogP contribution >= 0.6 is 48.8 Å². The van der Waals surface area contributed by atoms with Crippen LogP contribution in [-0.4, -0.2) is 138 Å². The maximum Gasteiger partial charge on any atom is 1.00 e. The molecule has 0 atom stereocenters. The zero-order valence-electron chi connectivity index (χ0n) is 40.8. The second-order valence-corrected chi connectivity index (χ2v) is 16.1. The molecule has 24 nitrogen and oxygen atoms in total. The molecule has 0 unspecified atom stereocenters. The number of alkyl halides is 1. The van der Waals surface area contributed by atoms with Crippen molar-refractivity contribution in [2.24, 2.45) is 23.6 Å². The zero-order valence-corrected chi connectivity index (χ0v) is 46.0. The number of imidazole rings is 3. The van der Waals surface area contributed by atoms with E-state index in [1.54, 1.807) is 70.3 Å². The van der Waals surface area contributed by atoms with Crippen molar-refractivity contribution >= 4 is 67.1 Å². The Kier molecular flexibility index (Phi) is 34.9. The number of aromatic nitrogens is 9. The first-order chi connectivity index (χ1) is 33.1. The number of nitrogens with zero attached hydrogens (tertiary/aromatic N) is 9. The van der Waals surface area contributed by atoms with E-state index in [0.29, 0.717) is 65.3 Å². The molecule has 73 heavy (non-hydrogen) atoms. The number of carbonyl (C=O) groups excluding carboxylic acids is 4. The summed E-state index contributed by atoms with van der Waals surface area (Å²) < 4.78 is 0. The number of carboxylic acids is 1. The number of carboxylic acid groups (broad SMARTS) is 1. The molecule has 0 bridgehead atoms. The van der Waals surface area contributed by atoms with E-state index in [-0.39, 0.29) is 108 Å². The average Bonchev–Trinajstić information content (AvgIpc) is 4.12. The Labute approximate surface area is 466 Å². The third-order valence-electron chi connectivity index (χ3n) is 10.5. The van der Waals surface area contributed by atoms with E-state index in [0.717, 1.165) is 53.7 Å². The number of nitrogens with two attached hydrogens (primary N) is 1. The topological polar surface area (TPSA) is 370 Å². The van der Waals surface area contributed by atoms with Gasteiger partial charge in [-0.15, -0.1) is 48.8 Å². The van der Waals surface area contributed by atoms with Crippen LogP contribution in [-0.2, 0) is 42.9 Å². The molecule has 0 aromatic carbocycles. The Hall–Kier alpha value is -5.37. The van der Waals surface area contributed by atoms with Crippen LogP contribution in [0.25, 0.3) is 39.8 Å². The van der Waals surface area contributed by atoms with Crippen molar-refractivity contribution in [2.75, 3.05) is 39.3 Å². The number of likely N-dealkylation sites (tertiary alicyclic amines) is 2. The molecule has 0 spiro atoms. The van der Waals surface area contributed by atoms with Gasteiger partial charge in [-0.05, 0) is 62.4 Å². The van der Waals surface area contributed by atoms with Crippen molar-refractivity contribution in [1.82, 2.24) is 60.0 Å². The van der Waals surface area contributed by atoms with Gasteiger partial charge in [-0.2, -0.15) is 19.2 Å². The smallest absolute Gasteiger partial charge is 0.505 e. The third kappa shape index (κ3) is 21.2. The van der Waals surface area contributed by atoms with Gasteiger partial charge in [-0.3, -0.25) is 29.5 Å². The number of hydrogen-bond donors (Lipinski definition) is 10. The van der Waals surface area contributed by atoms with Crippen LogP contribution in [0.1, 0.15) is 47.6 Å². The van der Waals surface area contributed by atoms with Crippen molar-refractivity contribution in [1.29, 1.82) is 0 Å². The summed E-state index contributed by atoms with van der Waals surface area (Å²) in [5.74, 6) is 7.32. The SMILES string of the molecule is CC1CNC1.Cc1ncc(CCl)c(-c2ncc[nH]2)c1O.Cc1ncc(CN2CC(C(=O)O)C2)c(-c2ncc[nH]2)c1O.Cc1ncc(CN2CC(C)C2)c(-c2ncc[nH]2)c1O.Cl.Cl.Cl.N[N-]O.O=C=O.O=C=O.[Na+]. The minimum absolute atomic E-state index is 0. The minimum Gasteiger partial charge on any atom is -0.505 e. The normalized spacial score (nSPS) is 13.3. The number of pyridine rings is 3. The molecule has 11 N–H and O–H groups in total. The van der Waals surface area contributed by atoms with Crippen LogP contribution in [0.5, 0.6) is 17.2 Å². The molecular formula is C44H59Cl4N14NaO10. The zero-order chi connectivity index (χ0) is 51.0. The first-order valence-electron chi connectivity index (χ1n) is 21.1. The first kappa shape index (κ1) is 69.7. The van der Waals surface area contributed by atoms with Crippen LogP contribution < -0.4 is 40.7 Å². The van der Waals surface area contributed by atoms with Gasteiger partial charge in [-0.1, -0.05) is 13.8 Å². The number of aromatic hydroxyl groups is 3. The molecule has 29 heteroatoms. The van der Waals surface area contributed by atoms with Gasteiger partial charge in [0, 0.05) is 101 Å². The van der Waals surface area contributed by atoms with E-state index < -0.39 is 5.97 Å². The number of aromatic amines is 3. The maximum absolute atomic E-state index is 10.8. The van der Waals surface area contributed by atoms with Crippen molar-refractivity contribution in [3.8, 4) is 51.4 Å². The molecule has 6 aromatic heterocycles. The second kappa shape index (κ2) is 36.5. The average molecular weight is 1110 g/mol. The van der Waals surface area contributed by atoms with Crippen molar-refractivity contribution in [2.45, 2.75) is 53.6 Å². The standard InChI is InChI=1S/C14H16N4O3.C14H18N4O.C10H10ClN3O.C4H9N.2CO2.3ClH.H3N2O.Na/c1-8-12(19)11(13-15-2-3-16-13)9(4-17-8)5-18-6-10(7-18)14(20)21;1-9-6-18(7-9)8-11-5-17-10(2)13(19)12(11)14-15-3-4-16-14;1-6-9(15)8(7(4-11)5-14-6)10-12-2-3-13-10;1-4-2-5-3-4;2*2-1-3;;;;1-2-3;/h2-4,10,19H,5-7H2,1H3,(H,15,16)(H,20,21);3-5,9,19H,6-8H2,1-2H3,(H,15,16);2-3,5,15H,4H2,1H3,(H,12,13);4-5H,2-3H2,1H3;;;3*1H;3H,1H2;/q;;;;;;;;;-1;+1. The molecule has 3 aliphatic heterocycles. The molecule has 0 amide bonds. The monoisotopic (exact) mass is 1110 g/mol. The van der Waals surface area contributed by atoms with Gasteiger partial charge >= 0.3 is 47.8 Å². The minimum atomic E-state index is -0.762. The third-order valence-corrected chi connectivity index (χ3v) is 10.8. The predicted molar refractivity (Wildman–Crippen MR) is 268 cm³/mol. The van der Waals surface area contributed by atoms with E-state index in [9.17, 15) is 20.1 Å². The number of aryl methyl sites for hydroxylation is 3. The van der Waals surface area contributed by atoms with Crippen LogP contribution in [0, 0.1) is 38.5 Å². The van der Waals surface area contributed by atoms with Crippen LogP contribution in [0.4, 0.5) is 0 Å². The molecule has 0 aliphatic carbocycles. The van der Waals surface area contributed by atoms with Gasteiger partial charge in [-0.25, -0.2) is 15.0 Å². The predicted octanol–water partition coefficient (Wildman–Crippen LogP) is 2.12. The molecule has 9 rings (SSSR count). The van der Waals surface area contributed by atoms with E-state index >= 15 is 0 Å². The molecule has 9 heterocycles. The molecule has 6 aromatic rings. The van der Waals surface area contributed by atoms with Gasteiger partial charge in [0.25, 0.3) is 0 Å². The quantitative estimate of drug-likeness (QED) is 0.0429. The van der Waals surface area contributed by atoms with Gasteiger partial charge in [0.15, 0.2) is 0 Å². The fourth-order valence-electron chi connectivity index (χ4n) is 6.97. The van der Waals surface area contributed by atoms with E-state index in [1.165, 1.54) is 13.1 Å². The Morgan fingerprint density at radius 3 is 1.21 bits per heavy atom. The Balaban J connectivity index is 0. The maximum atomic E-state index is 10.8. The number of hydrogen-bond acceptors (Lipinski definition) is 19. The first-order valence-corrected chi connectivity index (χ1v) is 21.6. The van der Waals surface area contributed by atoms with Crippen molar-refractivity contribution < 1.29 is 79.2 Å². The Bertz CT molecular complexity index is 2550. The molecule has 0 saturated carbocycles. The van der Waals surface area contributed by atoms with Crippen molar-refractivity contribution in [3.63, 3.8) is 0 Å². The summed E-state index contributed by atoms with van der Waals surface area (Å²) in [7, 11) is 0. The van der Waals surface area contributed by atoms with Gasteiger partial charge in [0.1, 0.15) is 34.7 Å². The summed E-state index contributed by atoms with van der Waals surface area (Å²) in [4.78, 5) is 81.7. The van der Waals surface area contributed by atoms with Crippen molar-refractivity contribution in [3.05, 3.63) is 95.1 Å². The molecule has 3 saturated heterocycles. The van der Waals surface area contributed by atoms with E-state index in [4.69, 9.17) is 41.1 Å². The Morgan fingerprint density at radius 1 is 0.658 bits per heavy atom. The van der Waals surface area contributed by atoms with Crippen LogP contribution in [0.2, 0.25) is 0 Å². The number of H-pyrrole nitrogens is 3. The summed E-state index contributed by atoms with van der Waals surface area (Å²) in [6, 6.07) is 0.